The molecule has 0 fully saturated rings. The Morgan fingerprint density at radius 3 is 2.62 bits per heavy atom. The van der Waals surface area contributed by atoms with Crippen molar-refractivity contribution in [2.75, 3.05) is 0 Å². The number of benzene rings is 2. The number of aryl methyl sites for hydroxylation is 1. The summed E-state index contributed by atoms with van der Waals surface area (Å²) in [6.07, 6.45) is -0.847. The lowest BCUT2D eigenvalue weighted by Crippen LogP contribution is -2.00. The van der Waals surface area contributed by atoms with Gasteiger partial charge in [0.25, 0.3) is 0 Å². The predicted molar refractivity (Wildman–Crippen MR) is 77.3 cm³/mol. The summed E-state index contributed by atoms with van der Waals surface area (Å²) in [7, 11) is 0. The van der Waals surface area contributed by atoms with Gasteiger partial charge in [-0.25, -0.2) is 4.39 Å². The fraction of sp³-hybridized carbons (Fsp3) is 0.235. The minimum absolute atomic E-state index is 0.247. The Morgan fingerprint density at radius 2 is 2.05 bits per heavy atom. The van der Waals surface area contributed by atoms with E-state index < -0.39 is 11.9 Å². The van der Waals surface area contributed by atoms with Gasteiger partial charge in [-0.15, -0.1) is 0 Å². The lowest BCUT2D eigenvalue weighted by atomic mass is 10.1. The molecule has 0 radical (unpaired) electrons. The van der Waals surface area contributed by atoms with Crippen molar-refractivity contribution in [1.82, 2.24) is 0 Å². The number of hydrogen-bond acceptors (Lipinski definition) is 3. The second-order valence-corrected chi connectivity index (χ2v) is 4.90. The molecule has 21 heavy (non-hydrogen) atoms. The Hall–Kier alpha value is -2.38. The molecule has 2 aromatic rings. The number of aliphatic hydroxyl groups is 1. The Morgan fingerprint density at radius 1 is 1.29 bits per heavy atom. The van der Waals surface area contributed by atoms with E-state index in [1.165, 1.54) is 19.1 Å². The van der Waals surface area contributed by atoms with E-state index in [-0.39, 0.29) is 5.56 Å². The highest BCUT2D eigenvalue weighted by molar-refractivity contribution is 5.37. The van der Waals surface area contributed by atoms with Crippen LogP contribution in [0.1, 0.15) is 35.3 Å². The van der Waals surface area contributed by atoms with Crippen LogP contribution in [0.15, 0.2) is 36.4 Å². The number of nitriles is 1. The molecular formula is C17H16FNO2. The zero-order chi connectivity index (χ0) is 15.4. The molecule has 2 rings (SSSR count). The van der Waals surface area contributed by atoms with Crippen molar-refractivity contribution in [3.05, 3.63) is 64.5 Å². The van der Waals surface area contributed by atoms with Gasteiger partial charge in [-0.05, 0) is 49.2 Å². The van der Waals surface area contributed by atoms with Crippen LogP contribution in [0.25, 0.3) is 0 Å². The molecule has 0 aliphatic carbocycles. The van der Waals surface area contributed by atoms with E-state index in [4.69, 9.17) is 10.00 Å². The molecule has 2 aromatic carbocycles. The third-order valence-corrected chi connectivity index (χ3v) is 3.29. The number of rotatable bonds is 4. The molecule has 3 nitrogen and oxygen atoms in total. The second-order valence-electron chi connectivity index (χ2n) is 4.90. The number of aliphatic hydroxyl groups excluding tert-OH is 1. The normalized spacial score (nSPS) is 11.8. The van der Waals surface area contributed by atoms with Crippen LogP contribution >= 0.6 is 0 Å². The summed E-state index contributed by atoms with van der Waals surface area (Å²) in [4.78, 5) is 0. The van der Waals surface area contributed by atoms with Crippen LogP contribution in [0, 0.1) is 24.1 Å². The van der Waals surface area contributed by atoms with Crippen molar-refractivity contribution >= 4 is 0 Å². The molecule has 0 spiro atoms. The first-order valence-corrected chi connectivity index (χ1v) is 6.61. The summed E-state index contributed by atoms with van der Waals surface area (Å²) in [6, 6.07) is 11.8. The van der Waals surface area contributed by atoms with Crippen molar-refractivity contribution in [3.63, 3.8) is 0 Å². The molecule has 0 amide bonds. The van der Waals surface area contributed by atoms with Crippen molar-refractivity contribution in [2.45, 2.75) is 26.6 Å². The molecule has 108 valence electrons. The van der Waals surface area contributed by atoms with Crippen LogP contribution in [0.5, 0.6) is 5.75 Å². The van der Waals surface area contributed by atoms with E-state index in [1.54, 1.807) is 18.2 Å². The zero-order valence-corrected chi connectivity index (χ0v) is 11.9. The highest BCUT2D eigenvalue weighted by atomic mass is 19.1. The zero-order valence-electron chi connectivity index (χ0n) is 11.9. The molecule has 0 aromatic heterocycles. The fourth-order valence-electron chi connectivity index (χ4n) is 2.02. The first-order valence-electron chi connectivity index (χ1n) is 6.61. The third-order valence-electron chi connectivity index (χ3n) is 3.29. The Kier molecular flexibility index (Phi) is 4.56. The molecule has 4 heteroatoms. The minimum Gasteiger partial charge on any atom is -0.489 e. The fourth-order valence-corrected chi connectivity index (χ4v) is 2.02. The summed E-state index contributed by atoms with van der Waals surface area (Å²) in [5, 5.41) is 18.2. The van der Waals surface area contributed by atoms with Gasteiger partial charge in [0.05, 0.1) is 17.7 Å². The Labute approximate surface area is 123 Å². The van der Waals surface area contributed by atoms with E-state index in [0.717, 1.165) is 11.1 Å². The summed E-state index contributed by atoms with van der Waals surface area (Å²) in [5.74, 6) is -0.0836. The van der Waals surface area contributed by atoms with Gasteiger partial charge < -0.3 is 9.84 Å². The summed E-state index contributed by atoms with van der Waals surface area (Å²) in [6.45, 7) is 3.71. The van der Waals surface area contributed by atoms with Crippen molar-refractivity contribution in [2.24, 2.45) is 0 Å². The molecule has 0 saturated carbocycles. The summed E-state index contributed by atoms with van der Waals surface area (Å²) < 4.78 is 19.3. The van der Waals surface area contributed by atoms with Crippen molar-refractivity contribution < 1.29 is 14.2 Å². The first-order chi connectivity index (χ1) is 10.0. The average molecular weight is 285 g/mol. The monoisotopic (exact) mass is 285 g/mol. The first kappa shape index (κ1) is 15.0. The number of ether oxygens (including phenoxy) is 1. The molecular weight excluding hydrogens is 269 g/mol. The molecule has 0 aliphatic rings. The SMILES string of the molecule is Cc1cc(C#N)ccc1COc1ccc([C@@H](C)O)c(F)c1. The second kappa shape index (κ2) is 6.38. The van der Waals surface area contributed by atoms with E-state index >= 15 is 0 Å². The van der Waals surface area contributed by atoms with Gasteiger partial charge in [-0.2, -0.15) is 5.26 Å². The van der Waals surface area contributed by atoms with Gasteiger partial charge in [0.2, 0.25) is 0 Å². The van der Waals surface area contributed by atoms with E-state index in [0.29, 0.717) is 17.9 Å². The lowest BCUT2D eigenvalue weighted by Gasteiger charge is -2.11. The van der Waals surface area contributed by atoms with Gasteiger partial charge in [-0.1, -0.05) is 6.07 Å². The van der Waals surface area contributed by atoms with Crippen LogP contribution in [0.2, 0.25) is 0 Å². The van der Waals surface area contributed by atoms with Crippen LogP contribution < -0.4 is 4.74 Å². The Balaban J connectivity index is 2.10. The number of halogens is 1. The van der Waals surface area contributed by atoms with E-state index in [2.05, 4.69) is 6.07 Å². The van der Waals surface area contributed by atoms with Gasteiger partial charge in [0, 0.05) is 11.6 Å². The topological polar surface area (TPSA) is 53.2 Å². The highest BCUT2D eigenvalue weighted by Gasteiger charge is 2.09. The quantitative estimate of drug-likeness (QED) is 0.933. The largest absolute Gasteiger partial charge is 0.489 e. The van der Waals surface area contributed by atoms with E-state index in [1.807, 2.05) is 13.0 Å². The van der Waals surface area contributed by atoms with Crippen molar-refractivity contribution in [3.8, 4) is 11.8 Å². The highest BCUT2D eigenvalue weighted by Crippen LogP contribution is 2.23. The average Bonchev–Trinajstić information content (AvgIpc) is 2.45. The maximum absolute atomic E-state index is 13.7. The maximum atomic E-state index is 13.7. The molecule has 0 bridgehead atoms. The number of nitrogens with zero attached hydrogens (tertiary/aromatic N) is 1. The van der Waals surface area contributed by atoms with Gasteiger partial charge in [0.1, 0.15) is 18.2 Å². The molecule has 0 unspecified atom stereocenters. The predicted octanol–water partition coefficient (Wildman–Crippen LogP) is 3.64. The third kappa shape index (κ3) is 3.59. The van der Waals surface area contributed by atoms with Crippen molar-refractivity contribution in [1.29, 1.82) is 5.26 Å². The number of hydrogen-bond donors (Lipinski definition) is 1. The van der Waals surface area contributed by atoms with E-state index in [9.17, 15) is 9.50 Å². The molecule has 1 N–H and O–H groups in total. The molecule has 0 heterocycles. The summed E-state index contributed by atoms with van der Waals surface area (Å²) in [5.41, 5.74) is 2.74. The molecule has 0 aliphatic heterocycles. The van der Waals surface area contributed by atoms with Crippen LogP contribution in [0.3, 0.4) is 0 Å². The maximum Gasteiger partial charge on any atom is 0.132 e. The lowest BCUT2D eigenvalue weighted by molar-refractivity contribution is 0.194. The standard InChI is InChI=1S/C17H16FNO2/c1-11-7-13(9-19)3-4-14(11)10-21-15-5-6-16(12(2)20)17(18)8-15/h3-8,12,20H,10H2,1-2H3/t12-/m1/s1. The Bertz CT molecular complexity index is 690. The molecule has 0 saturated heterocycles. The van der Waals surface area contributed by atoms with Crippen LogP contribution in [-0.2, 0) is 6.61 Å². The minimum atomic E-state index is -0.847. The smallest absolute Gasteiger partial charge is 0.132 e. The van der Waals surface area contributed by atoms with Gasteiger partial charge in [-0.3, -0.25) is 0 Å². The molecule has 1 atom stereocenters. The van der Waals surface area contributed by atoms with Crippen LogP contribution in [-0.4, -0.2) is 5.11 Å². The van der Waals surface area contributed by atoms with Gasteiger partial charge in [0.15, 0.2) is 0 Å². The summed E-state index contributed by atoms with van der Waals surface area (Å²) >= 11 is 0. The van der Waals surface area contributed by atoms with Gasteiger partial charge >= 0.3 is 0 Å². The van der Waals surface area contributed by atoms with Crippen LogP contribution in [0.4, 0.5) is 4.39 Å².